The maximum atomic E-state index is 13.0. The molecule has 3 aromatic carbocycles. The minimum absolute atomic E-state index is 0.128. The highest BCUT2D eigenvalue weighted by molar-refractivity contribution is 6.02. The molecule has 0 spiro atoms. The van der Waals surface area contributed by atoms with Crippen LogP contribution in [0.25, 0.3) is 0 Å². The predicted octanol–water partition coefficient (Wildman–Crippen LogP) is 5.56. The van der Waals surface area contributed by atoms with Crippen LogP contribution in [0.1, 0.15) is 29.5 Å². The molecular weight excluding hydrogens is 414 g/mol. The molecule has 0 bridgehead atoms. The van der Waals surface area contributed by atoms with E-state index in [9.17, 15) is 9.59 Å². The lowest BCUT2D eigenvalue weighted by Crippen LogP contribution is -2.35. The van der Waals surface area contributed by atoms with Crippen LogP contribution in [0, 0.1) is 6.92 Å². The van der Waals surface area contributed by atoms with E-state index in [1.807, 2.05) is 72.5 Å². The van der Waals surface area contributed by atoms with E-state index in [0.29, 0.717) is 23.7 Å². The molecule has 0 fully saturated rings. The van der Waals surface area contributed by atoms with Gasteiger partial charge in [0.05, 0.1) is 19.2 Å². The van der Waals surface area contributed by atoms with Crippen molar-refractivity contribution in [2.45, 2.75) is 32.6 Å². The first-order valence-electron chi connectivity index (χ1n) is 11.2. The predicted molar refractivity (Wildman–Crippen MR) is 132 cm³/mol. The molecule has 1 aliphatic rings. The van der Waals surface area contributed by atoms with Gasteiger partial charge in [0.25, 0.3) is 0 Å². The average molecular weight is 444 g/mol. The van der Waals surface area contributed by atoms with E-state index in [1.54, 1.807) is 7.11 Å². The molecule has 33 heavy (non-hydrogen) atoms. The summed E-state index contributed by atoms with van der Waals surface area (Å²) in [6.07, 6.45) is 3.27. The van der Waals surface area contributed by atoms with Crippen LogP contribution in [0.2, 0.25) is 0 Å². The fourth-order valence-corrected chi connectivity index (χ4v) is 4.10. The summed E-state index contributed by atoms with van der Waals surface area (Å²) in [5.41, 5.74) is 5.44. The van der Waals surface area contributed by atoms with Crippen molar-refractivity contribution in [3.63, 3.8) is 0 Å². The minimum Gasteiger partial charge on any atom is -0.495 e. The normalized spacial score (nSPS) is 13.0. The number of nitrogens with one attached hydrogen (secondary N) is 2. The summed E-state index contributed by atoms with van der Waals surface area (Å²) in [4.78, 5) is 27.3. The van der Waals surface area contributed by atoms with Crippen molar-refractivity contribution in [3.05, 3.63) is 83.4 Å². The Labute approximate surface area is 194 Å². The van der Waals surface area contributed by atoms with E-state index in [0.717, 1.165) is 36.1 Å². The average Bonchev–Trinajstić information content (AvgIpc) is 3.03. The van der Waals surface area contributed by atoms with Crippen molar-refractivity contribution in [2.75, 3.05) is 29.2 Å². The van der Waals surface area contributed by atoms with Gasteiger partial charge in [-0.2, -0.15) is 0 Å². The van der Waals surface area contributed by atoms with Crippen LogP contribution in [0.4, 0.5) is 21.9 Å². The molecule has 1 heterocycles. The number of para-hydroxylation sites is 1. The summed E-state index contributed by atoms with van der Waals surface area (Å²) in [7, 11) is 1.58. The number of carbonyl (C=O) groups excluding carboxylic acids is 2. The van der Waals surface area contributed by atoms with E-state index in [1.165, 1.54) is 5.56 Å². The second-order valence-electron chi connectivity index (χ2n) is 8.29. The van der Waals surface area contributed by atoms with E-state index < -0.39 is 0 Å². The summed E-state index contributed by atoms with van der Waals surface area (Å²) in [5.74, 6) is 0.499. The molecule has 4 rings (SSSR count). The third-order valence-electron chi connectivity index (χ3n) is 5.80. The lowest BCUT2D eigenvalue weighted by molar-refractivity contribution is -0.115. The minimum atomic E-state index is -0.138. The Bertz CT molecular complexity index is 1140. The van der Waals surface area contributed by atoms with Crippen molar-refractivity contribution in [2.24, 2.45) is 0 Å². The number of anilines is 3. The summed E-state index contributed by atoms with van der Waals surface area (Å²) >= 11 is 0. The number of amides is 3. The van der Waals surface area contributed by atoms with Crippen molar-refractivity contribution in [1.82, 2.24) is 0 Å². The third kappa shape index (κ3) is 5.52. The van der Waals surface area contributed by atoms with Crippen molar-refractivity contribution >= 4 is 29.0 Å². The molecule has 1 aliphatic heterocycles. The molecule has 0 aromatic heterocycles. The Balaban J connectivity index is 1.38. The van der Waals surface area contributed by atoms with Gasteiger partial charge in [-0.15, -0.1) is 0 Å². The number of carbonyl (C=O) groups is 2. The molecule has 0 saturated carbocycles. The summed E-state index contributed by atoms with van der Waals surface area (Å²) < 4.78 is 5.32. The zero-order chi connectivity index (χ0) is 23.2. The van der Waals surface area contributed by atoms with Crippen LogP contribution in [0.5, 0.6) is 5.75 Å². The number of nitrogens with zero attached hydrogens (tertiary/aromatic N) is 1. The summed E-state index contributed by atoms with van der Waals surface area (Å²) in [6.45, 7) is 2.66. The van der Waals surface area contributed by atoms with Gasteiger partial charge in [-0.25, -0.2) is 4.79 Å². The molecule has 0 saturated heterocycles. The topological polar surface area (TPSA) is 70.7 Å². The molecule has 3 amide bonds. The molecule has 6 nitrogen and oxygen atoms in total. The molecule has 3 aromatic rings. The van der Waals surface area contributed by atoms with E-state index in [4.69, 9.17) is 4.74 Å². The zero-order valence-corrected chi connectivity index (χ0v) is 19.1. The molecule has 0 radical (unpaired) electrons. The lowest BCUT2D eigenvalue weighted by Gasteiger charge is -2.23. The number of ether oxygens (including phenoxy) is 1. The maximum Gasteiger partial charge on any atom is 0.326 e. The van der Waals surface area contributed by atoms with Crippen LogP contribution in [-0.4, -0.2) is 25.6 Å². The smallest absolute Gasteiger partial charge is 0.326 e. The SMILES string of the molecule is COc1ccc(C)cc1NC(=O)Cc1ccc(NC(=O)N2CCCCc3ccccc32)cc1. The second kappa shape index (κ2) is 10.2. The molecule has 0 aliphatic carbocycles. The van der Waals surface area contributed by atoms with Gasteiger partial charge in [-0.1, -0.05) is 36.4 Å². The first-order chi connectivity index (χ1) is 16.0. The Morgan fingerprint density at radius 2 is 1.76 bits per heavy atom. The quantitative estimate of drug-likeness (QED) is 0.542. The zero-order valence-electron chi connectivity index (χ0n) is 19.1. The summed E-state index contributed by atoms with van der Waals surface area (Å²) in [6, 6.07) is 21.0. The van der Waals surface area contributed by atoms with Gasteiger partial charge in [-0.05, 0) is 73.2 Å². The number of urea groups is 1. The van der Waals surface area contributed by atoms with Crippen LogP contribution < -0.4 is 20.3 Å². The molecule has 6 heteroatoms. The Morgan fingerprint density at radius 3 is 2.55 bits per heavy atom. The van der Waals surface area contributed by atoms with E-state index in [-0.39, 0.29) is 18.4 Å². The molecule has 0 atom stereocenters. The number of methoxy groups -OCH3 is 1. The Morgan fingerprint density at radius 1 is 0.970 bits per heavy atom. The highest BCUT2D eigenvalue weighted by atomic mass is 16.5. The van der Waals surface area contributed by atoms with Crippen LogP contribution in [0.3, 0.4) is 0 Å². The van der Waals surface area contributed by atoms with Crippen molar-refractivity contribution < 1.29 is 14.3 Å². The highest BCUT2D eigenvalue weighted by Crippen LogP contribution is 2.27. The monoisotopic (exact) mass is 443 g/mol. The first kappa shape index (κ1) is 22.4. The number of hydrogen-bond acceptors (Lipinski definition) is 3. The number of hydrogen-bond donors (Lipinski definition) is 2. The van der Waals surface area contributed by atoms with Gasteiger partial charge in [0, 0.05) is 17.9 Å². The Kier molecular flexibility index (Phi) is 6.93. The van der Waals surface area contributed by atoms with Gasteiger partial charge in [-0.3, -0.25) is 9.69 Å². The number of aryl methyl sites for hydroxylation is 2. The Hall–Kier alpha value is -3.80. The first-order valence-corrected chi connectivity index (χ1v) is 11.2. The summed E-state index contributed by atoms with van der Waals surface area (Å²) in [5, 5.41) is 5.91. The van der Waals surface area contributed by atoms with E-state index in [2.05, 4.69) is 16.7 Å². The second-order valence-corrected chi connectivity index (χ2v) is 8.29. The molecule has 0 unspecified atom stereocenters. The fraction of sp³-hybridized carbons (Fsp3) is 0.259. The maximum absolute atomic E-state index is 13.0. The molecular formula is C27H29N3O3. The van der Waals surface area contributed by atoms with Gasteiger partial charge >= 0.3 is 6.03 Å². The number of benzene rings is 3. The van der Waals surface area contributed by atoms with Gasteiger partial charge in [0.1, 0.15) is 5.75 Å². The number of fused-ring (bicyclic) bond motifs is 1. The van der Waals surface area contributed by atoms with Crippen LogP contribution in [0.15, 0.2) is 66.7 Å². The van der Waals surface area contributed by atoms with Crippen LogP contribution >= 0.6 is 0 Å². The molecule has 170 valence electrons. The number of rotatable bonds is 5. The standard InChI is InChI=1S/C27H29N3O3/c1-19-10-15-25(33-2)23(17-19)29-26(31)18-20-11-13-22(14-12-20)28-27(32)30-16-6-5-8-21-7-3-4-9-24(21)30/h3-4,7,9-15,17H,5-6,8,16,18H2,1-2H3,(H,28,32)(H,29,31). The fourth-order valence-electron chi connectivity index (χ4n) is 4.10. The highest BCUT2D eigenvalue weighted by Gasteiger charge is 2.21. The van der Waals surface area contributed by atoms with Crippen LogP contribution in [-0.2, 0) is 17.6 Å². The van der Waals surface area contributed by atoms with Crippen molar-refractivity contribution in [3.8, 4) is 5.75 Å². The van der Waals surface area contributed by atoms with Gasteiger partial charge < -0.3 is 15.4 Å². The van der Waals surface area contributed by atoms with Gasteiger partial charge in [0.15, 0.2) is 0 Å². The van der Waals surface area contributed by atoms with Gasteiger partial charge in [0.2, 0.25) is 5.91 Å². The lowest BCUT2D eigenvalue weighted by atomic mass is 10.1. The van der Waals surface area contributed by atoms with Crippen molar-refractivity contribution in [1.29, 1.82) is 0 Å². The third-order valence-corrected chi connectivity index (χ3v) is 5.80. The largest absolute Gasteiger partial charge is 0.495 e. The van der Waals surface area contributed by atoms with E-state index >= 15 is 0 Å². The molecule has 2 N–H and O–H groups in total.